The average molecular weight is 298 g/mol. The second-order valence-electron chi connectivity index (χ2n) is 4.25. The van der Waals surface area contributed by atoms with E-state index in [1.165, 1.54) is 0 Å². The largest absolute Gasteiger partial charge is 0.368 e. The van der Waals surface area contributed by atoms with Crippen LogP contribution in [0.1, 0.15) is 31.4 Å². The number of amides is 1. The summed E-state index contributed by atoms with van der Waals surface area (Å²) in [6.45, 7) is 2.68. The first-order chi connectivity index (χ1) is 8.18. The van der Waals surface area contributed by atoms with Crippen molar-refractivity contribution in [3.05, 3.63) is 34.3 Å². The lowest BCUT2D eigenvalue weighted by Crippen LogP contribution is -2.35. The van der Waals surface area contributed by atoms with Crippen molar-refractivity contribution in [3.63, 3.8) is 0 Å². The Bertz CT molecular complexity index is 402. The number of carbonyl (C=O) groups excluding carboxylic acids is 1. The van der Waals surface area contributed by atoms with Gasteiger partial charge in [0.05, 0.1) is 6.04 Å². The summed E-state index contributed by atoms with van der Waals surface area (Å²) < 4.78 is 6.37. The van der Waals surface area contributed by atoms with Crippen LogP contribution in [-0.4, -0.2) is 18.6 Å². The SMILES string of the molecule is CC(NC(=O)C1CCCO1)c1ccccc1Br. The smallest absolute Gasteiger partial charge is 0.249 e. The van der Waals surface area contributed by atoms with Crippen LogP contribution in [0.3, 0.4) is 0 Å². The van der Waals surface area contributed by atoms with Crippen LogP contribution in [0.2, 0.25) is 0 Å². The molecule has 0 bridgehead atoms. The lowest BCUT2D eigenvalue weighted by molar-refractivity contribution is -0.130. The fraction of sp³-hybridized carbons (Fsp3) is 0.462. The van der Waals surface area contributed by atoms with Crippen LogP contribution in [-0.2, 0) is 9.53 Å². The maximum atomic E-state index is 11.9. The first kappa shape index (κ1) is 12.6. The van der Waals surface area contributed by atoms with Gasteiger partial charge in [0.15, 0.2) is 0 Å². The van der Waals surface area contributed by atoms with Gasteiger partial charge in [-0.05, 0) is 31.4 Å². The van der Waals surface area contributed by atoms with E-state index < -0.39 is 0 Å². The number of ether oxygens (including phenoxy) is 1. The van der Waals surface area contributed by atoms with Gasteiger partial charge in [-0.1, -0.05) is 34.1 Å². The molecule has 17 heavy (non-hydrogen) atoms. The van der Waals surface area contributed by atoms with Crippen molar-refractivity contribution in [3.8, 4) is 0 Å². The Morgan fingerprint density at radius 1 is 1.53 bits per heavy atom. The summed E-state index contributed by atoms with van der Waals surface area (Å²) in [5.74, 6) is -0.00856. The van der Waals surface area contributed by atoms with Crippen LogP contribution < -0.4 is 5.32 Å². The van der Waals surface area contributed by atoms with Gasteiger partial charge in [0.2, 0.25) is 5.91 Å². The first-order valence-electron chi connectivity index (χ1n) is 5.85. The molecule has 1 N–H and O–H groups in total. The zero-order valence-corrected chi connectivity index (χ0v) is 11.4. The molecule has 2 rings (SSSR count). The van der Waals surface area contributed by atoms with Crippen molar-refractivity contribution in [2.75, 3.05) is 6.61 Å². The molecule has 1 amide bonds. The number of hydrogen-bond donors (Lipinski definition) is 1. The van der Waals surface area contributed by atoms with Gasteiger partial charge in [0, 0.05) is 11.1 Å². The molecular weight excluding hydrogens is 282 g/mol. The van der Waals surface area contributed by atoms with Crippen LogP contribution in [0, 0.1) is 0 Å². The van der Waals surface area contributed by atoms with Gasteiger partial charge in [-0.3, -0.25) is 4.79 Å². The molecule has 1 saturated heterocycles. The van der Waals surface area contributed by atoms with E-state index in [0.29, 0.717) is 6.61 Å². The maximum absolute atomic E-state index is 11.9. The molecule has 1 aromatic carbocycles. The van der Waals surface area contributed by atoms with Crippen LogP contribution in [0.15, 0.2) is 28.7 Å². The van der Waals surface area contributed by atoms with E-state index in [1.807, 2.05) is 31.2 Å². The number of rotatable bonds is 3. The highest BCUT2D eigenvalue weighted by Crippen LogP contribution is 2.23. The van der Waals surface area contributed by atoms with Crippen molar-refractivity contribution < 1.29 is 9.53 Å². The molecule has 3 nitrogen and oxygen atoms in total. The Morgan fingerprint density at radius 2 is 2.29 bits per heavy atom. The summed E-state index contributed by atoms with van der Waals surface area (Å²) in [6, 6.07) is 7.90. The van der Waals surface area contributed by atoms with Crippen LogP contribution >= 0.6 is 15.9 Å². The monoisotopic (exact) mass is 297 g/mol. The molecule has 1 aromatic rings. The van der Waals surface area contributed by atoms with Gasteiger partial charge >= 0.3 is 0 Å². The summed E-state index contributed by atoms with van der Waals surface area (Å²) in [7, 11) is 0. The molecule has 0 radical (unpaired) electrons. The van der Waals surface area contributed by atoms with E-state index in [4.69, 9.17) is 4.74 Å². The quantitative estimate of drug-likeness (QED) is 0.932. The summed E-state index contributed by atoms with van der Waals surface area (Å²) >= 11 is 3.49. The van der Waals surface area contributed by atoms with Crippen LogP contribution in [0.5, 0.6) is 0 Å². The fourth-order valence-corrected chi connectivity index (χ4v) is 2.62. The highest BCUT2D eigenvalue weighted by molar-refractivity contribution is 9.10. The van der Waals surface area contributed by atoms with E-state index in [9.17, 15) is 4.79 Å². The third-order valence-electron chi connectivity index (χ3n) is 2.95. The topological polar surface area (TPSA) is 38.3 Å². The minimum atomic E-state index is -0.264. The van der Waals surface area contributed by atoms with Crippen molar-refractivity contribution in [1.29, 1.82) is 0 Å². The second kappa shape index (κ2) is 5.65. The molecule has 0 aromatic heterocycles. The van der Waals surface area contributed by atoms with Gasteiger partial charge in [-0.2, -0.15) is 0 Å². The molecule has 1 heterocycles. The summed E-state index contributed by atoms with van der Waals surface area (Å²) in [6.07, 6.45) is 1.54. The molecule has 1 aliphatic rings. The Labute approximate surface area is 110 Å². The molecule has 0 aliphatic carbocycles. The van der Waals surface area contributed by atoms with Gasteiger partial charge in [0.25, 0.3) is 0 Å². The zero-order chi connectivity index (χ0) is 12.3. The molecule has 92 valence electrons. The third-order valence-corrected chi connectivity index (χ3v) is 3.67. The Hall–Kier alpha value is -0.870. The number of hydrogen-bond acceptors (Lipinski definition) is 2. The predicted molar refractivity (Wildman–Crippen MR) is 69.7 cm³/mol. The van der Waals surface area contributed by atoms with E-state index in [-0.39, 0.29) is 18.1 Å². The Kier molecular flexibility index (Phi) is 4.18. The number of carbonyl (C=O) groups is 1. The van der Waals surface area contributed by atoms with Gasteiger partial charge in [-0.15, -0.1) is 0 Å². The summed E-state index contributed by atoms with van der Waals surface area (Å²) in [5, 5.41) is 2.98. The average Bonchev–Trinajstić information content (AvgIpc) is 2.82. The molecular formula is C13H16BrNO2. The zero-order valence-electron chi connectivity index (χ0n) is 9.78. The van der Waals surface area contributed by atoms with E-state index in [2.05, 4.69) is 21.2 Å². The fourth-order valence-electron chi connectivity index (χ4n) is 1.99. The molecule has 1 aliphatic heterocycles. The minimum absolute atomic E-state index is 0.00856. The predicted octanol–water partition coefficient (Wildman–Crippen LogP) is 2.81. The first-order valence-corrected chi connectivity index (χ1v) is 6.64. The standard InChI is InChI=1S/C13H16BrNO2/c1-9(10-5-2-3-6-11(10)14)15-13(16)12-7-4-8-17-12/h2-3,5-6,9,12H,4,7-8H2,1H3,(H,15,16). The summed E-state index contributed by atoms with van der Waals surface area (Å²) in [5.41, 5.74) is 1.08. The normalized spacial score (nSPS) is 21.2. The lowest BCUT2D eigenvalue weighted by Gasteiger charge is -2.18. The highest BCUT2D eigenvalue weighted by atomic mass is 79.9. The second-order valence-corrected chi connectivity index (χ2v) is 5.11. The Balaban J connectivity index is 1.99. The highest BCUT2D eigenvalue weighted by Gasteiger charge is 2.25. The molecule has 1 fully saturated rings. The van der Waals surface area contributed by atoms with Crippen molar-refractivity contribution in [1.82, 2.24) is 5.32 Å². The van der Waals surface area contributed by atoms with Crippen LogP contribution in [0.4, 0.5) is 0 Å². The molecule has 2 unspecified atom stereocenters. The van der Waals surface area contributed by atoms with E-state index in [0.717, 1.165) is 22.9 Å². The van der Waals surface area contributed by atoms with Gasteiger partial charge in [0.1, 0.15) is 6.10 Å². The maximum Gasteiger partial charge on any atom is 0.249 e. The van der Waals surface area contributed by atoms with Crippen molar-refractivity contribution in [2.45, 2.75) is 31.9 Å². The third kappa shape index (κ3) is 3.07. The van der Waals surface area contributed by atoms with E-state index >= 15 is 0 Å². The van der Waals surface area contributed by atoms with Crippen LogP contribution in [0.25, 0.3) is 0 Å². The van der Waals surface area contributed by atoms with Gasteiger partial charge in [-0.25, -0.2) is 0 Å². The number of halogens is 1. The lowest BCUT2D eigenvalue weighted by atomic mass is 10.1. The molecule has 4 heteroatoms. The van der Waals surface area contributed by atoms with Gasteiger partial charge < -0.3 is 10.1 Å². The minimum Gasteiger partial charge on any atom is -0.368 e. The molecule has 0 spiro atoms. The van der Waals surface area contributed by atoms with Crippen molar-refractivity contribution >= 4 is 21.8 Å². The van der Waals surface area contributed by atoms with E-state index in [1.54, 1.807) is 0 Å². The number of benzene rings is 1. The summed E-state index contributed by atoms with van der Waals surface area (Å²) in [4.78, 5) is 11.9. The van der Waals surface area contributed by atoms with Crippen molar-refractivity contribution in [2.24, 2.45) is 0 Å². The molecule has 0 saturated carbocycles. The number of nitrogens with one attached hydrogen (secondary N) is 1. The molecule has 2 atom stereocenters. The Morgan fingerprint density at radius 3 is 2.94 bits per heavy atom.